The SMILES string of the molecule is CC(C)C(=O)C1CC[C@@H](N)C1. The first kappa shape index (κ1) is 8.72. The van der Waals surface area contributed by atoms with Crippen LogP contribution >= 0.6 is 0 Å². The smallest absolute Gasteiger partial charge is 0.138 e. The molecule has 2 heteroatoms. The summed E-state index contributed by atoms with van der Waals surface area (Å²) >= 11 is 0. The Morgan fingerprint density at radius 2 is 2.09 bits per heavy atom. The number of carbonyl (C=O) groups is 1. The maximum Gasteiger partial charge on any atom is 0.138 e. The van der Waals surface area contributed by atoms with Gasteiger partial charge >= 0.3 is 0 Å². The Labute approximate surface area is 68.2 Å². The number of hydrogen-bond donors (Lipinski definition) is 1. The standard InChI is InChI=1S/C9H17NO/c1-6(2)9(11)7-3-4-8(10)5-7/h6-8H,3-5,10H2,1-2H3/t7?,8-/m1/s1. The average molecular weight is 155 g/mol. The molecule has 0 spiro atoms. The van der Waals surface area contributed by atoms with Crippen LogP contribution in [0.15, 0.2) is 0 Å². The first-order chi connectivity index (χ1) is 5.11. The summed E-state index contributed by atoms with van der Waals surface area (Å²) < 4.78 is 0. The van der Waals surface area contributed by atoms with Crippen LogP contribution in [0.5, 0.6) is 0 Å². The Hall–Kier alpha value is -0.370. The van der Waals surface area contributed by atoms with E-state index in [1.165, 1.54) is 0 Å². The fraction of sp³-hybridized carbons (Fsp3) is 0.889. The summed E-state index contributed by atoms with van der Waals surface area (Å²) in [7, 11) is 0. The molecule has 2 atom stereocenters. The second-order valence-corrected chi connectivity index (χ2v) is 3.83. The van der Waals surface area contributed by atoms with E-state index in [9.17, 15) is 4.79 Å². The highest BCUT2D eigenvalue weighted by Gasteiger charge is 2.28. The first-order valence-electron chi connectivity index (χ1n) is 4.40. The zero-order valence-corrected chi connectivity index (χ0v) is 7.34. The fourth-order valence-corrected chi connectivity index (χ4v) is 1.75. The Kier molecular flexibility index (Phi) is 2.66. The van der Waals surface area contributed by atoms with Crippen LogP contribution in [-0.4, -0.2) is 11.8 Å². The van der Waals surface area contributed by atoms with Gasteiger partial charge in [-0.1, -0.05) is 13.8 Å². The highest BCUT2D eigenvalue weighted by atomic mass is 16.1. The lowest BCUT2D eigenvalue weighted by atomic mass is 9.94. The molecule has 2 N–H and O–H groups in total. The lowest BCUT2D eigenvalue weighted by Gasteiger charge is -2.10. The van der Waals surface area contributed by atoms with Crippen molar-refractivity contribution in [2.75, 3.05) is 0 Å². The monoisotopic (exact) mass is 155 g/mol. The molecule has 1 rings (SSSR count). The Bertz CT molecular complexity index is 154. The van der Waals surface area contributed by atoms with Crippen LogP contribution in [-0.2, 0) is 4.79 Å². The number of rotatable bonds is 2. The van der Waals surface area contributed by atoms with Gasteiger partial charge in [-0.25, -0.2) is 0 Å². The summed E-state index contributed by atoms with van der Waals surface area (Å²) in [6.45, 7) is 3.93. The van der Waals surface area contributed by atoms with Crippen LogP contribution in [0, 0.1) is 11.8 Å². The van der Waals surface area contributed by atoms with Crippen LogP contribution in [0.25, 0.3) is 0 Å². The average Bonchev–Trinajstić information content (AvgIpc) is 2.34. The zero-order chi connectivity index (χ0) is 8.43. The summed E-state index contributed by atoms with van der Waals surface area (Å²) in [5.41, 5.74) is 5.71. The van der Waals surface area contributed by atoms with E-state index in [0.717, 1.165) is 19.3 Å². The number of ketones is 1. The third-order valence-electron chi connectivity index (χ3n) is 2.44. The minimum atomic E-state index is 0.185. The number of nitrogens with two attached hydrogens (primary N) is 1. The Morgan fingerprint density at radius 3 is 2.45 bits per heavy atom. The van der Waals surface area contributed by atoms with Gasteiger partial charge in [-0.15, -0.1) is 0 Å². The largest absolute Gasteiger partial charge is 0.328 e. The van der Waals surface area contributed by atoms with Crippen molar-refractivity contribution in [2.45, 2.75) is 39.2 Å². The van der Waals surface area contributed by atoms with Gasteiger partial charge in [-0.2, -0.15) is 0 Å². The summed E-state index contributed by atoms with van der Waals surface area (Å²) in [5, 5.41) is 0. The lowest BCUT2D eigenvalue weighted by molar-refractivity contribution is -0.125. The van der Waals surface area contributed by atoms with Crippen LogP contribution in [0.4, 0.5) is 0 Å². The van der Waals surface area contributed by atoms with Gasteiger partial charge in [0.1, 0.15) is 5.78 Å². The van der Waals surface area contributed by atoms with Crippen LogP contribution < -0.4 is 5.73 Å². The molecule has 11 heavy (non-hydrogen) atoms. The second kappa shape index (κ2) is 3.35. The molecule has 1 unspecified atom stereocenters. The molecule has 0 aromatic rings. The van der Waals surface area contributed by atoms with E-state index in [1.807, 2.05) is 13.8 Å². The van der Waals surface area contributed by atoms with Crippen LogP contribution in [0.3, 0.4) is 0 Å². The van der Waals surface area contributed by atoms with E-state index in [0.29, 0.717) is 5.78 Å². The van der Waals surface area contributed by atoms with E-state index >= 15 is 0 Å². The van der Waals surface area contributed by atoms with Crippen molar-refractivity contribution in [3.05, 3.63) is 0 Å². The highest BCUT2D eigenvalue weighted by molar-refractivity contribution is 5.83. The van der Waals surface area contributed by atoms with Gasteiger partial charge in [0.25, 0.3) is 0 Å². The summed E-state index contributed by atoms with van der Waals surface area (Å²) in [5.74, 6) is 0.855. The third-order valence-corrected chi connectivity index (χ3v) is 2.44. The Morgan fingerprint density at radius 1 is 1.45 bits per heavy atom. The van der Waals surface area contributed by atoms with Gasteiger partial charge in [-0.05, 0) is 19.3 Å². The van der Waals surface area contributed by atoms with Crippen molar-refractivity contribution >= 4 is 5.78 Å². The van der Waals surface area contributed by atoms with Gasteiger partial charge in [0.05, 0.1) is 0 Å². The molecule has 0 aliphatic heterocycles. The summed E-state index contributed by atoms with van der Waals surface area (Å²) in [6.07, 6.45) is 2.96. The maximum absolute atomic E-state index is 11.4. The molecule has 0 heterocycles. The van der Waals surface area contributed by atoms with E-state index in [4.69, 9.17) is 5.73 Å². The highest BCUT2D eigenvalue weighted by Crippen LogP contribution is 2.26. The first-order valence-corrected chi connectivity index (χ1v) is 4.40. The van der Waals surface area contributed by atoms with Gasteiger partial charge in [-0.3, -0.25) is 4.79 Å². The van der Waals surface area contributed by atoms with Crippen molar-refractivity contribution in [3.8, 4) is 0 Å². The molecule has 2 nitrogen and oxygen atoms in total. The second-order valence-electron chi connectivity index (χ2n) is 3.83. The molecular formula is C9H17NO. The molecule has 0 aromatic carbocycles. The van der Waals surface area contributed by atoms with Crippen molar-refractivity contribution in [3.63, 3.8) is 0 Å². The minimum Gasteiger partial charge on any atom is -0.328 e. The third kappa shape index (κ3) is 2.03. The molecule has 0 aromatic heterocycles. The number of carbonyl (C=O) groups excluding carboxylic acids is 1. The molecule has 0 amide bonds. The quantitative estimate of drug-likeness (QED) is 0.654. The Balaban J connectivity index is 2.43. The summed E-state index contributed by atoms with van der Waals surface area (Å²) in [6, 6.07) is 0.280. The topological polar surface area (TPSA) is 43.1 Å². The van der Waals surface area contributed by atoms with Crippen molar-refractivity contribution in [1.82, 2.24) is 0 Å². The molecule has 1 saturated carbocycles. The number of hydrogen-bond acceptors (Lipinski definition) is 2. The van der Waals surface area contributed by atoms with E-state index in [2.05, 4.69) is 0 Å². The molecule has 0 radical (unpaired) electrons. The van der Waals surface area contributed by atoms with Crippen molar-refractivity contribution < 1.29 is 4.79 Å². The van der Waals surface area contributed by atoms with Crippen LogP contribution in [0.1, 0.15) is 33.1 Å². The van der Waals surface area contributed by atoms with E-state index in [1.54, 1.807) is 0 Å². The van der Waals surface area contributed by atoms with E-state index < -0.39 is 0 Å². The van der Waals surface area contributed by atoms with Gasteiger partial charge in [0.2, 0.25) is 0 Å². The number of Topliss-reactive ketones (excluding diaryl/α,β-unsaturated/α-hetero) is 1. The normalized spacial score (nSPS) is 31.3. The van der Waals surface area contributed by atoms with Gasteiger partial charge < -0.3 is 5.73 Å². The van der Waals surface area contributed by atoms with Crippen molar-refractivity contribution in [2.24, 2.45) is 17.6 Å². The molecular weight excluding hydrogens is 138 g/mol. The minimum absolute atomic E-state index is 0.185. The van der Waals surface area contributed by atoms with Gasteiger partial charge in [0.15, 0.2) is 0 Å². The molecule has 64 valence electrons. The predicted molar refractivity (Wildman–Crippen MR) is 45.2 cm³/mol. The maximum atomic E-state index is 11.4. The summed E-state index contributed by atoms with van der Waals surface area (Å²) in [4.78, 5) is 11.4. The molecule has 1 aliphatic carbocycles. The fourth-order valence-electron chi connectivity index (χ4n) is 1.75. The van der Waals surface area contributed by atoms with Gasteiger partial charge in [0, 0.05) is 17.9 Å². The van der Waals surface area contributed by atoms with Crippen molar-refractivity contribution in [1.29, 1.82) is 0 Å². The molecule has 0 bridgehead atoms. The molecule has 0 saturated heterocycles. The van der Waals surface area contributed by atoms with Crippen LogP contribution in [0.2, 0.25) is 0 Å². The lowest BCUT2D eigenvalue weighted by Crippen LogP contribution is -2.20. The predicted octanol–water partition coefficient (Wildman–Crippen LogP) is 1.34. The molecule has 1 fully saturated rings. The zero-order valence-electron chi connectivity index (χ0n) is 7.34. The molecule has 1 aliphatic rings. The van der Waals surface area contributed by atoms with E-state index in [-0.39, 0.29) is 17.9 Å².